The predicted molar refractivity (Wildman–Crippen MR) is 69.2 cm³/mol. The Morgan fingerprint density at radius 2 is 2.06 bits per heavy atom. The average molecular weight is 259 g/mol. The van der Waals surface area contributed by atoms with E-state index in [4.69, 9.17) is 5.11 Å². The molecule has 98 valence electrons. The first-order valence-electron chi connectivity index (χ1n) is 5.94. The Morgan fingerprint density at radius 1 is 1.41 bits per heavy atom. The maximum Gasteiger partial charge on any atom is 0.308 e. The van der Waals surface area contributed by atoms with Gasteiger partial charge in [-0.15, -0.1) is 11.8 Å². The van der Waals surface area contributed by atoms with Crippen LogP contribution in [0.2, 0.25) is 0 Å². The Morgan fingerprint density at radius 3 is 2.59 bits per heavy atom. The molecular weight excluding hydrogens is 238 g/mol. The number of carboxylic acid groups (broad SMARTS) is 1. The number of rotatable bonds is 3. The van der Waals surface area contributed by atoms with Gasteiger partial charge in [0.2, 0.25) is 5.91 Å². The third-order valence-electron chi connectivity index (χ3n) is 2.75. The van der Waals surface area contributed by atoms with Crippen molar-refractivity contribution < 1.29 is 14.7 Å². The van der Waals surface area contributed by atoms with Crippen molar-refractivity contribution in [2.75, 3.05) is 18.8 Å². The first-order valence-corrected chi connectivity index (χ1v) is 6.93. The Balaban J connectivity index is 2.44. The largest absolute Gasteiger partial charge is 0.481 e. The zero-order chi connectivity index (χ0) is 13.1. The lowest BCUT2D eigenvalue weighted by Gasteiger charge is -2.31. The number of piperidine rings is 1. The van der Waals surface area contributed by atoms with E-state index in [2.05, 4.69) is 20.8 Å². The Bertz CT molecular complexity index is 299. The summed E-state index contributed by atoms with van der Waals surface area (Å²) in [4.78, 5) is 24.5. The van der Waals surface area contributed by atoms with E-state index in [1.54, 1.807) is 16.7 Å². The van der Waals surface area contributed by atoms with E-state index >= 15 is 0 Å². The minimum atomic E-state index is -0.786. The van der Waals surface area contributed by atoms with Crippen LogP contribution in [-0.2, 0) is 9.59 Å². The van der Waals surface area contributed by atoms with Gasteiger partial charge in [-0.05, 0) is 12.8 Å². The number of nitrogens with zero attached hydrogens (tertiary/aromatic N) is 1. The number of thioether (sulfide) groups is 1. The van der Waals surface area contributed by atoms with Crippen molar-refractivity contribution in [2.45, 2.75) is 38.4 Å². The molecule has 1 unspecified atom stereocenters. The molecule has 0 aliphatic carbocycles. The number of likely N-dealkylation sites (tertiary alicyclic amines) is 1. The molecule has 1 rings (SSSR count). The fraction of sp³-hybridized carbons (Fsp3) is 0.833. The molecular formula is C12H21NO3S. The molecule has 0 aromatic carbocycles. The van der Waals surface area contributed by atoms with Crippen LogP contribution >= 0.6 is 11.8 Å². The summed E-state index contributed by atoms with van der Waals surface area (Å²) in [6, 6.07) is 0. The number of carbonyl (C=O) groups excluding carboxylic acids is 1. The molecule has 0 aromatic heterocycles. The van der Waals surface area contributed by atoms with Crippen LogP contribution in [0.15, 0.2) is 0 Å². The summed E-state index contributed by atoms with van der Waals surface area (Å²) in [7, 11) is 0. The lowest BCUT2D eigenvalue weighted by atomic mass is 9.98. The van der Waals surface area contributed by atoms with Crippen LogP contribution < -0.4 is 0 Å². The fourth-order valence-corrected chi connectivity index (χ4v) is 2.51. The lowest BCUT2D eigenvalue weighted by molar-refractivity contribution is -0.145. The van der Waals surface area contributed by atoms with Crippen molar-refractivity contribution in [1.82, 2.24) is 4.90 Å². The van der Waals surface area contributed by atoms with E-state index < -0.39 is 5.97 Å². The molecule has 0 spiro atoms. The van der Waals surface area contributed by atoms with Crippen LogP contribution in [0.25, 0.3) is 0 Å². The molecule has 0 radical (unpaired) electrons. The predicted octanol–water partition coefficient (Wildman–Crippen LogP) is 1.84. The van der Waals surface area contributed by atoms with Gasteiger partial charge in [-0.25, -0.2) is 0 Å². The van der Waals surface area contributed by atoms with Crippen molar-refractivity contribution >= 4 is 23.6 Å². The molecule has 1 saturated heterocycles. The molecule has 1 aliphatic heterocycles. The molecule has 0 bridgehead atoms. The van der Waals surface area contributed by atoms with Crippen molar-refractivity contribution in [3.05, 3.63) is 0 Å². The molecule has 5 heteroatoms. The molecule has 1 fully saturated rings. The lowest BCUT2D eigenvalue weighted by Crippen LogP contribution is -2.43. The van der Waals surface area contributed by atoms with E-state index in [0.717, 1.165) is 6.42 Å². The van der Waals surface area contributed by atoms with Gasteiger partial charge in [0.25, 0.3) is 0 Å². The first kappa shape index (κ1) is 14.4. The normalized spacial score (nSPS) is 21.4. The Labute approximate surface area is 107 Å². The van der Waals surface area contributed by atoms with E-state index in [1.807, 2.05) is 0 Å². The third kappa shape index (κ3) is 4.98. The van der Waals surface area contributed by atoms with Crippen molar-refractivity contribution in [1.29, 1.82) is 0 Å². The molecule has 17 heavy (non-hydrogen) atoms. The quantitative estimate of drug-likeness (QED) is 0.840. The maximum absolute atomic E-state index is 11.9. The van der Waals surface area contributed by atoms with Gasteiger partial charge in [0.15, 0.2) is 0 Å². The third-order valence-corrected chi connectivity index (χ3v) is 4.01. The highest BCUT2D eigenvalue weighted by molar-refractivity contribution is 8.01. The minimum absolute atomic E-state index is 0.0656. The van der Waals surface area contributed by atoms with Crippen LogP contribution in [0, 0.1) is 5.92 Å². The van der Waals surface area contributed by atoms with E-state index in [-0.39, 0.29) is 16.6 Å². The topological polar surface area (TPSA) is 57.6 Å². The first-order chi connectivity index (χ1) is 7.79. The second-order valence-corrected chi connectivity index (χ2v) is 7.22. The SMILES string of the molecule is CC(C)(C)SCC(=O)N1CCCC(C(=O)O)C1. The standard InChI is InChI=1S/C12H21NO3S/c1-12(2,3)17-8-10(14)13-6-4-5-9(7-13)11(15)16/h9H,4-8H2,1-3H3,(H,15,16). The number of carboxylic acids is 1. The van der Waals surface area contributed by atoms with Gasteiger partial charge in [-0.1, -0.05) is 20.8 Å². The summed E-state index contributed by atoms with van der Waals surface area (Å²) in [6.07, 6.45) is 1.48. The average Bonchev–Trinajstić information content (AvgIpc) is 2.25. The van der Waals surface area contributed by atoms with Gasteiger partial charge in [-0.2, -0.15) is 0 Å². The number of amides is 1. The highest BCUT2D eigenvalue weighted by Crippen LogP contribution is 2.24. The van der Waals surface area contributed by atoms with Crippen LogP contribution in [0.1, 0.15) is 33.6 Å². The van der Waals surface area contributed by atoms with E-state index in [1.165, 1.54) is 0 Å². The van der Waals surface area contributed by atoms with Gasteiger partial charge in [0.05, 0.1) is 11.7 Å². The van der Waals surface area contributed by atoms with Gasteiger partial charge < -0.3 is 10.0 Å². The summed E-state index contributed by atoms with van der Waals surface area (Å²) in [5.74, 6) is -0.662. The molecule has 1 heterocycles. The fourth-order valence-electron chi connectivity index (χ4n) is 1.77. The van der Waals surface area contributed by atoms with E-state index in [0.29, 0.717) is 25.3 Å². The smallest absolute Gasteiger partial charge is 0.308 e. The monoisotopic (exact) mass is 259 g/mol. The summed E-state index contributed by atoms with van der Waals surface area (Å²) in [5.41, 5.74) is 0. The van der Waals surface area contributed by atoms with E-state index in [9.17, 15) is 9.59 Å². The van der Waals surface area contributed by atoms with Gasteiger partial charge in [0.1, 0.15) is 0 Å². The zero-order valence-electron chi connectivity index (χ0n) is 10.7. The second kappa shape index (κ2) is 5.76. The number of aliphatic carboxylic acids is 1. The van der Waals surface area contributed by atoms with Crippen molar-refractivity contribution in [3.63, 3.8) is 0 Å². The number of hydrogen-bond acceptors (Lipinski definition) is 3. The molecule has 1 amide bonds. The van der Waals surface area contributed by atoms with Gasteiger partial charge in [0, 0.05) is 17.8 Å². The van der Waals surface area contributed by atoms with Gasteiger partial charge >= 0.3 is 5.97 Å². The van der Waals surface area contributed by atoms with Crippen LogP contribution in [-0.4, -0.2) is 45.5 Å². The highest BCUT2D eigenvalue weighted by atomic mass is 32.2. The summed E-state index contributed by atoms with van der Waals surface area (Å²) in [6.45, 7) is 7.29. The van der Waals surface area contributed by atoms with Crippen LogP contribution in [0.3, 0.4) is 0 Å². The molecule has 4 nitrogen and oxygen atoms in total. The summed E-state index contributed by atoms with van der Waals surface area (Å²) >= 11 is 1.61. The van der Waals surface area contributed by atoms with Crippen molar-refractivity contribution in [3.8, 4) is 0 Å². The summed E-state index contributed by atoms with van der Waals surface area (Å²) in [5, 5.41) is 8.95. The minimum Gasteiger partial charge on any atom is -0.481 e. The number of hydrogen-bond donors (Lipinski definition) is 1. The number of carbonyl (C=O) groups is 2. The molecule has 1 N–H and O–H groups in total. The Hall–Kier alpha value is -0.710. The second-order valence-electron chi connectivity index (χ2n) is 5.42. The van der Waals surface area contributed by atoms with Gasteiger partial charge in [-0.3, -0.25) is 9.59 Å². The molecule has 1 atom stereocenters. The zero-order valence-corrected chi connectivity index (χ0v) is 11.5. The highest BCUT2D eigenvalue weighted by Gasteiger charge is 2.28. The molecule has 0 aromatic rings. The Kier molecular flexibility index (Phi) is 4.86. The van der Waals surface area contributed by atoms with Crippen LogP contribution in [0.4, 0.5) is 0 Å². The van der Waals surface area contributed by atoms with Crippen LogP contribution in [0.5, 0.6) is 0 Å². The maximum atomic E-state index is 11.9. The molecule has 0 saturated carbocycles. The molecule has 1 aliphatic rings. The summed E-state index contributed by atoms with van der Waals surface area (Å²) < 4.78 is 0.0671. The van der Waals surface area contributed by atoms with Crippen molar-refractivity contribution in [2.24, 2.45) is 5.92 Å².